The van der Waals surface area contributed by atoms with Crippen LogP contribution in [0.15, 0.2) is 12.1 Å². The number of aromatic nitrogens is 1. The summed E-state index contributed by atoms with van der Waals surface area (Å²) in [5.41, 5.74) is 1.08. The van der Waals surface area contributed by atoms with Crippen LogP contribution >= 0.6 is 23.2 Å². The van der Waals surface area contributed by atoms with Gasteiger partial charge in [-0.05, 0) is 25.0 Å². The molecule has 3 heteroatoms. The topological polar surface area (TPSA) is 12.9 Å². The summed E-state index contributed by atoms with van der Waals surface area (Å²) >= 11 is 11.5. The van der Waals surface area contributed by atoms with Crippen LogP contribution < -0.4 is 0 Å². The van der Waals surface area contributed by atoms with Crippen molar-refractivity contribution in [3.8, 4) is 0 Å². The van der Waals surface area contributed by atoms with Gasteiger partial charge in [0.2, 0.25) is 0 Å². The summed E-state index contributed by atoms with van der Waals surface area (Å²) in [6.45, 7) is 0. The highest BCUT2D eigenvalue weighted by atomic mass is 35.5. The molecule has 0 aliphatic heterocycles. The molecule has 0 atom stereocenters. The molecule has 0 aromatic carbocycles. The minimum absolute atomic E-state index is 0.427. The first-order valence-corrected chi connectivity index (χ1v) is 4.35. The van der Waals surface area contributed by atoms with Gasteiger partial charge in [-0.2, -0.15) is 0 Å². The molecule has 58 valence electrons. The normalized spacial score (nSPS) is 16.9. The van der Waals surface area contributed by atoms with E-state index in [1.165, 1.54) is 12.8 Å². The zero-order valence-corrected chi connectivity index (χ0v) is 7.36. The number of halogens is 2. The van der Waals surface area contributed by atoms with Gasteiger partial charge in [0.05, 0.1) is 5.02 Å². The van der Waals surface area contributed by atoms with Gasteiger partial charge in [0.25, 0.3) is 0 Å². The van der Waals surface area contributed by atoms with Crippen molar-refractivity contribution in [1.29, 1.82) is 0 Å². The molecule has 1 saturated carbocycles. The molecule has 0 spiro atoms. The van der Waals surface area contributed by atoms with Crippen molar-refractivity contribution in [2.24, 2.45) is 0 Å². The van der Waals surface area contributed by atoms with E-state index in [1.807, 2.05) is 12.1 Å². The molecule has 1 aromatic heterocycles. The minimum Gasteiger partial charge on any atom is -0.239 e. The smallest absolute Gasteiger partial charge is 0.147 e. The fourth-order valence-corrected chi connectivity index (χ4v) is 1.30. The highest BCUT2D eigenvalue weighted by Crippen LogP contribution is 2.39. The molecule has 1 aromatic rings. The second-order valence-electron chi connectivity index (χ2n) is 2.78. The molecule has 1 nitrogen and oxygen atoms in total. The van der Waals surface area contributed by atoms with E-state index in [-0.39, 0.29) is 0 Å². The largest absolute Gasteiger partial charge is 0.239 e. The standard InChI is InChI=1S/C8H7Cl2N/c9-6-3-4-7(5-1-2-5)11-8(6)10/h3-5H,1-2H2. The van der Waals surface area contributed by atoms with Crippen LogP contribution in [0.2, 0.25) is 10.2 Å². The summed E-state index contributed by atoms with van der Waals surface area (Å²) in [5, 5.41) is 0.965. The fourth-order valence-electron chi connectivity index (χ4n) is 1.04. The molecule has 1 aliphatic carbocycles. The first-order valence-electron chi connectivity index (χ1n) is 3.59. The van der Waals surface area contributed by atoms with E-state index in [0.717, 1.165) is 5.69 Å². The molecule has 0 N–H and O–H groups in total. The highest BCUT2D eigenvalue weighted by molar-refractivity contribution is 6.41. The summed E-state index contributed by atoms with van der Waals surface area (Å²) in [6.07, 6.45) is 2.48. The zero-order chi connectivity index (χ0) is 7.84. The first-order chi connectivity index (χ1) is 5.27. The lowest BCUT2D eigenvalue weighted by atomic mass is 10.2. The lowest BCUT2D eigenvalue weighted by molar-refractivity contribution is 1.02. The molecule has 0 unspecified atom stereocenters. The second kappa shape index (κ2) is 2.65. The van der Waals surface area contributed by atoms with Crippen LogP contribution in [0.4, 0.5) is 0 Å². The number of rotatable bonds is 1. The average Bonchev–Trinajstić information content (AvgIpc) is 2.77. The van der Waals surface area contributed by atoms with Crippen molar-refractivity contribution >= 4 is 23.2 Å². The summed E-state index contributed by atoms with van der Waals surface area (Å²) in [4.78, 5) is 4.17. The first kappa shape index (κ1) is 7.38. The maximum atomic E-state index is 5.74. The number of pyridine rings is 1. The predicted octanol–water partition coefficient (Wildman–Crippen LogP) is 3.27. The van der Waals surface area contributed by atoms with E-state index in [2.05, 4.69) is 4.98 Å². The molecule has 1 heterocycles. The quantitative estimate of drug-likeness (QED) is 0.616. The third kappa shape index (κ3) is 1.49. The summed E-state index contributed by atoms with van der Waals surface area (Å²) < 4.78 is 0. The van der Waals surface area contributed by atoms with Crippen LogP contribution in [0.1, 0.15) is 24.5 Å². The van der Waals surface area contributed by atoms with Crippen LogP contribution in [-0.2, 0) is 0 Å². The molecule has 1 aliphatic rings. The maximum absolute atomic E-state index is 5.74. The van der Waals surface area contributed by atoms with Gasteiger partial charge in [-0.3, -0.25) is 0 Å². The van der Waals surface area contributed by atoms with Gasteiger partial charge in [0, 0.05) is 11.6 Å². The molecule has 0 amide bonds. The lowest BCUT2D eigenvalue weighted by Crippen LogP contribution is -1.85. The number of hydrogen-bond acceptors (Lipinski definition) is 1. The van der Waals surface area contributed by atoms with Crippen molar-refractivity contribution in [3.63, 3.8) is 0 Å². The van der Waals surface area contributed by atoms with Crippen molar-refractivity contribution in [2.75, 3.05) is 0 Å². The van der Waals surface area contributed by atoms with E-state index in [9.17, 15) is 0 Å². The van der Waals surface area contributed by atoms with Gasteiger partial charge < -0.3 is 0 Å². The SMILES string of the molecule is Clc1ccc(C2CC2)nc1Cl. The van der Waals surface area contributed by atoms with E-state index < -0.39 is 0 Å². The third-order valence-corrected chi connectivity index (χ3v) is 2.51. The molecule has 0 bridgehead atoms. The predicted molar refractivity (Wildman–Crippen MR) is 46.2 cm³/mol. The van der Waals surface area contributed by atoms with Crippen molar-refractivity contribution < 1.29 is 0 Å². The Morgan fingerprint density at radius 1 is 1.27 bits per heavy atom. The second-order valence-corrected chi connectivity index (χ2v) is 3.55. The Labute approximate surface area is 75.3 Å². The number of nitrogens with zero attached hydrogens (tertiary/aromatic N) is 1. The molecule has 2 rings (SSSR count). The van der Waals surface area contributed by atoms with Crippen LogP contribution in [0.5, 0.6) is 0 Å². The minimum atomic E-state index is 0.427. The van der Waals surface area contributed by atoms with Crippen molar-refractivity contribution in [1.82, 2.24) is 4.98 Å². The Kier molecular flexibility index (Phi) is 1.78. The van der Waals surface area contributed by atoms with Gasteiger partial charge in [-0.15, -0.1) is 0 Å². The lowest BCUT2D eigenvalue weighted by Gasteiger charge is -1.98. The molecule has 0 radical (unpaired) electrons. The summed E-state index contributed by atoms with van der Waals surface area (Å²) in [5.74, 6) is 0.643. The van der Waals surface area contributed by atoms with Crippen molar-refractivity contribution in [3.05, 3.63) is 28.0 Å². The van der Waals surface area contributed by atoms with Crippen LogP contribution in [0.25, 0.3) is 0 Å². The van der Waals surface area contributed by atoms with Gasteiger partial charge >= 0.3 is 0 Å². The average molecular weight is 188 g/mol. The van der Waals surface area contributed by atoms with Crippen molar-refractivity contribution in [2.45, 2.75) is 18.8 Å². The van der Waals surface area contributed by atoms with Gasteiger partial charge in [-0.1, -0.05) is 23.2 Å². The van der Waals surface area contributed by atoms with Gasteiger partial charge in [-0.25, -0.2) is 4.98 Å². The monoisotopic (exact) mass is 187 g/mol. The Hall–Kier alpha value is -0.270. The number of hydrogen-bond donors (Lipinski definition) is 0. The highest BCUT2D eigenvalue weighted by Gasteiger charge is 2.25. The Balaban J connectivity index is 2.36. The Morgan fingerprint density at radius 3 is 2.55 bits per heavy atom. The fraction of sp³-hybridized carbons (Fsp3) is 0.375. The Morgan fingerprint density at radius 2 is 2.00 bits per heavy atom. The van der Waals surface area contributed by atoms with E-state index in [0.29, 0.717) is 16.1 Å². The molecular formula is C8H7Cl2N. The molecule has 11 heavy (non-hydrogen) atoms. The molecular weight excluding hydrogens is 181 g/mol. The Bertz CT molecular complexity index is 281. The van der Waals surface area contributed by atoms with Crippen LogP contribution in [0.3, 0.4) is 0 Å². The summed E-state index contributed by atoms with van der Waals surface area (Å²) in [6, 6.07) is 3.76. The zero-order valence-electron chi connectivity index (χ0n) is 5.85. The van der Waals surface area contributed by atoms with E-state index in [4.69, 9.17) is 23.2 Å². The van der Waals surface area contributed by atoms with E-state index >= 15 is 0 Å². The van der Waals surface area contributed by atoms with Gasteiger partial charge in [0.15, 0.2) is 0 Å². The van der Waals surface area contributed by atoms with E-state index in [1.54, 1.807) is 0 Å². The van der Waals surface area contributed by atoms with Gasteiger partial charge in [0.1, 0.15) is 5.15 Å². The van der Waals surface area contributed by atoms with Crippen LogP contribution in [-0.4, -0.2) is 4.98 Å². The summed E-state index contributed by atoms with van der Waals surface area (Å²) in [7, 11) is 0. The third-order valence-electron chi connectivity index (χ3n) is 1.82. The van der Waals surface area contributed by atoms with Crippen LogP contribution in [0, 0.1) is 0 Å². The molecule has 1 fully saturated rings. The maximum Gasteiger partial charge on any atom is 0.147 e. The molecule has 0 saturated heterocycles.